The molecule has 0 unspecified atom stereocenters. The molecule has 21 heavy (non-hydrogen) atoms. The van der Waals surface area contributed by atoms with Crippen molar-refractivity contribution in [2.75, 3.05) is 24.2 Å². The third kappa shape index (κ3) is 3.71. The Bertz CT molecular complexity index is 624. The van der Waals surface area contributed by atoms with E-state index < -0.39 is 5.97 Å². The van der Waals surface area contributed by atoms with Crippen LogP contribution in [0.3, 0.4) is 0 Å². The average Bonchev–Trinajstić information content (AvgIpc) is 2.86. The van der Waals surface area contributed by atoms with Gasteiger partial charge >= 0.3 is 5.97 Å². The molecule has 2 aromatic heterocycles. The molecule has 0 aromatic carbocycles. The second-order valence-electron chi connectivity index (χ2n) is 4.55. The van der Waals surface area contributed by atoms with E-state index in [-0.39, 0.29) is 0 Å². The summed E-state index contributed by atoms with van der Waals surface area (Å²) < 4.78 is 6.78. The van der Waals surface area contributed by atoms with Gasteiger partial charge in [-0.1, -0.05) is 0 Å². The molecule has 7 heteroatoms. The minimum absolute atomic E-state index is 0.299. The lowest BCUT2D eigenvalue weighted by molar-refractivity contribution is 0.0527. The van der Waals surface area contributed by atoms with E-state index in [9.17, 15) is 4.79 Å². The predicted octanol–water partition coefficient (Wildman–Crippen LogP) is 1.46. The quantitative estimate of drug-likeness (QED) is 0.782. The van der Waals surface area contributed by atoms with Crippen LogP contribution in [0, 0.1) is 6.92 Å². The molecule has 0 aliphatic heterocycles. The summed E-state index contributed by atoms with van der Waals surface area (Å²) in [5.41, 5.74) is 7.68. The Labute approximate surface area is 123 Å². The number of pyridine rings is 1. The minimum atomic E-state index is -0.442. The van der Waals surface area contributed by atoms with E-state index in [0.29, 0.717) is 36.8 Å². The average molecular weight is 289 g/mol. The summed E-state index contributed by atoms with van der Waals surface area (Å²) in [6.07, 6.45) is 5.28. The number of hydrogen-bond donors (Lipinski definition) is 2. The lowest BCUT2D eigenvalue weighted by Crippen LogP contribution is -2.15. The van der Waals surface area contributed by atoms with Crippen LogP contribution in [0.1, 0.15) is 22.8 Å². The molecule has 0 amide bonds. The van der Waals surface area contributed by atoms with Crippen LogP contribution in [0.25, 0.3) is 0 Å². The number of aromatic nitrogens is 3. The maximum atomic E-state index is 11.7. The fraction of sp³-hybridized carbons (Fsp3) is 0.357. The van der Waals surface area contributed by atoms with Gasteiger partial charge in [0.05, 0.1) is 30.6 Å². The van der Waals surface area contributed by atoms with E-state index in [4.69, 9.17) is 10.5 Å². The highest BCUT2D eigenvalue weighted by Crippen LogP contribution is 2.20. The van der Waals surface area contributed by atoms with Crippen LogP contribution in [0.5, 0.6) is 0 Å². The number of nitrogens with two attached hydrogens (primary N) is 1. The number of ether oxygens (including phenoxy) is 1. The Morgan fingerprint density at radius 3 is 3.00 bits per heavy atom. The molecule has 3 N–H and O–H groups in total. The van der Waals surface area contributed by atoms with E-state index in [1.807, 2.05) is 17.8 Å². The normalized spacial score (nSPS) is 10.4. The summed E-state index contributed by atoms with van der Waals surface area (Å²) in [6, 6.07) is 1.55. The molecule has 0 radical (unpaired) electrons. The molecule has 0 spiro atoms. The van der Waals surface area contributed by atoms with Crippen molar-refractivity contribution in [3.05, 3.63) is 35.8 Å². The van der Waals surface area contributed by atoms with Gasteiger partial charge in [0, 0.05) is 18.9 Å². The highest BCUT2D eigenvalue weighted by molar-refractivity contribution is 5.97. The fourth-order valence-corrected chi connectivity index (χ4v) is 1.88. The summed E-state index contributed by atoms with van der Waals surface area (Å²) in [7, 11) is 0. The molecule has 7 nitrogen and oxygen atoms in total. The van der Waals surface area contributed by atoms with Gasteiger partial charge in [0.15, 0.2) is 0 Å². The molecule has 112 valence electrons. The molecule has 0 bridgehead atoms. The van der Waals surface area contributed by atoms with Gasteiger partial charge in [0.2, 0.25) is 0 Å². The van der Waals surface area contributed by atoms with Gasteiger partial charge in [-0.25, -0.2) is 9.78 Å². The molecule has 0 saturated carbocycles. The van der Waals surface area contributed by atoms with Crippen LogP contribution >= 0.6 is 0 Å². The number of nitrogens with zero attached hydrogens (tertiary/aromatic N) is 3. The van der Waals surface area contributed by atoms with Crippen molar-refractivity contribution in [2.24, 2.45) is 0 Å². The monoisotopic (exact) mass is 289 g/mol. The van der Waals surface area contributed by atoms with Gasteiger partial charge in [-0.15, -0.1) is 0 Å². The second kappa shape index (κ2) is 6.74. The first-order valence-corrected chi connectivity index (χ1v) is 6.76. The molecule has 0 fully saturated rings. The van der Waals surface area contributed by atoms with Crippen LogP contribution < -0.4 is 11.1 Å². The van der Waals surface area contributed by atoms with E-state index in [0.717, 1.165) is 5.56 Å². The van der Waals surface area contributed by atoms with Gasteiger partial charge in [0.1, 0.15) is 5.82 Å². The summed E-state index contributed by atoms with van der Waals surface area (Å²) in [4.78, 5) is 15.9. The zero-order valence-corrected chi connectivity index (χ0v) is 12.2. The van der Waals surface area contributed by atoms with Crippen LogP contribution in [0.2, 0.25) is 0 Å². The minimum Gasteiger partial charge on any atom is -0.462 e. The third-order valence-corrected chi connectivity index (χ3v) is 2.88. The Kier molecular flexibility index (Phi) is 4.76. The molecule has 0 saturated heterocycles. The second-order valence-corrected chi connectivity index (χ2v) is 4.55. The molecule has 0 aliphatic rings. The Morgan fingerprint density at radius 1 is 1.52 bits per heavy atom. The van der Waals surface area contributed by atoms with Crippen molar-refractivity contribution in [1.82, 2.24) is 14.8 Å². The number of esters is 1. The van der Waals surface area contributed by atoms with Crippen molar-refractivity contribution in [3.63, 3.8) is 0 Å². The Hall–Kier alpha value is -2.57. The maximum absolute atomic E-state index is 11.7. The van der Waals surface area contributed by atoms with Gasteiger partial charge in [-0.05, 0) is 25.5 Å². The molecular weight excluding hydrogens is 270 g/mol. The molecule has 2 rings (SSSR count). The number of rotatable bonds is 6. The van der Waals surface area contributed by atoms with E-state index in [1.54, 1.807) is 19.2 Å². The molecular formula is C14H19N5O2. The number of carbonyl (C=O) groups is 1. The van der Waals surface area contributed by atoms with Gasteiger partial charge in [0.25, 0.3) is 0 Å². The Balaban J connectivity index is 2.00. The highest BCUT2D eigenvalue weighted by Gasteiger charge is 2.14. The number of nitrogen functional groups attached to an aromatic ring is 1. The summed E-state index contributed by atoms with van der Waals surface area (Å²) in [5.74, 6) is 0.0348. The predicted molar refractivity (Wildman–Crippen MR) is 80.1 cm³/mol. The van der Waals surface area contributed by atoms with Crippen molar-refractivity contribution in [1.29, 1.82) is 0 Å². The van der Waals surface area contributed by atoms with Gasteiger partial charge in [-0.2, -0.15) is 5.10 Å². The summed E-state index contributed by atoms with van der Waals surface area (Å²) in [5, 5.41) is 7.29. The topological polar surface area (TPSA) is 95.1 Å². The number of carbonyl (C=O) groups excluding carboxylic acids is 1. The fourth-order valence-electron chi connectivity index (χ4n) is 1.88. The number of anilines is 2. The highest BCUT2D eigenvalue weighted by atomic mass is 16.5. The van der Waals surface area contributed by atoms with E-state index >= 15 is 0 Å². The summed E-state index contributed by atoms with van der Waals surface area (Å²) >= 11 is 0. The van der Waals surface area contributed by atoms with Crippen LogP contribution in [-0.4, -0.2) is 33.9 Å². The SMILES string of the molecule is CCOC(=O)c1ccnc(NCCn2cc(C)cn2)c1N. The molecule has 0 aliphatic carbocycles. The van der Waals surface area contributed by atoms with Crippen molar-refractivity contribution < 1.29 is 9.53 Å². The van der Waals surface area contributed by atoms with Crippen molar-refractivity contribution in [2.45, 2.75) is 20.4 Å². The lowest BCUT2D eigenvalue weighted by atomic mass is 10.2. The number of nitrogens with one attached hydrogen (secondary N) is 1. The molecule has 2 heterocycles. The van der Waals surface area contributed by atoms with Crippen LogP contribution in [-0.2, 0) is 11.3 Å². The summed E-state index contributed by atoms with van der Waals surface area (Å²) in [6.45, 7) is 5.32. The van der Waals surface area contributed by atoms with Gasteiger partial charge < -0.3 is 15.8 Å². The first-order chi connectivity index (χ1) is 10.1. The smallest absolute Gasteiger partial charge is 0.340 e. The van der Waals surface area contributed by atoms with Crippen molar-refractivity contribution >= 4 is 17.5 Å². The van der Waals surface area contributed by atoms with Gasteiger partial charge in [-0.3, -0.25) is 4.68 Å². The number of aryl methyl sites for hydroxylation is 1. The first-order valence-electron chi connectivity index (χ1n) is 6.76. The Morgan fingerprint density at radius 2 is 2.33 bits per heavy atom. The zero-order valence-electron chi connectivity index (χ0n) is 12.2. The third-order valence-electron chi connectivity index (χ3n) is 2.88. The molecule has 0 atom stereocenters. The molecule has 2 aromatic rings. The number of hydrogen-bond acceptors (Lipinski definition) is 6. The standard InChI is InChI=1S/C14H19N5O2/c1-3-21-14(20)11-4-5-16-13(12(11)15)17-6-7-19-9-10(2)8-18-19/h4-5,8-9H,3,6-7,15H2,1-2H3,(H,16,17). The largest absolute Gasteiger partial charge is 0.462 e. The van der Waals surface area contributed by atoms with Crippen LogP contribution in [0.4, 0.5) is 11.5 Å². The maximum Gasteiger partial charge on any atom is 0.340 e. The lowest BCUT2D eigenvalue weighted by Gasteiger charge is -2.11. The van der Waals surface area contributed by atoms with E-state index in [1.165, 1.54) is 6.20 Å². The zero-order chi connectivity index (χ0) is 15.2. The van der Waals surface area contributed by atoms with E-state index in [2.05, 4.69) is 15.4 Å². The first kappa shape index (κ1) is 14.8. The van der Waals surface area contributed by atoms with Crippen molar-refractivity contribution in [3.8, 4) is 0 Å². The van der Waals surface area contributed by atoms with Crippen LogP contribution in [0.15, 0.2) is 24.7 Å².